The highest BCUT2D eigenvalue weighted by Crippen LogP contribution is 2.26. The van der Waals surface area contributed by atoms with Crippen LogP contribution in [0, 0.1) is 5.41 Å². The second-order valence-electron chi connectivity index (χ2n) is 32.8. The third kappa shape index (κ3) is 47.9. The highest BCUT2D eigenvalue weighted by molar-refractivity contribution is 5.96. The summed E-state index contributed by atoms with van der Waals surface area (Å²) in [5.41, 5.74) is -2.97. The molecule has 0 spiro atoms. The van der Waals surface area contributed by atoms with Crippen LogP contribution in [0.4, 0.5) is 0 Å². The molecule has 0 aliphatic heterocycles. The summed E-state index contributed by atoms with van der Waals surface area (Å²) in [6, 6.07) is 0. The smallest absolute Gasteiger partial charge is 0.348 e. The van der Waals surface area contributed by atoms with Crippen LogP contribution >= 0.6 is 0 Å². The number of hydrogen-bond donors (Lipinski definition) is 0. The van der Waals surface area contributed by atoms with E-state index in [9.17, 15) is 134 Å². The van der Waals surface area contributed by atoms with Gasteiger partial charge in [-0.05, 0) is 194 Å². The summed E-state index contributed by atoms with van der Waals surface area (Å²) >= 11 is 0. The van der Waals surface area contributed by atoms with Crippen molar-refractivity contribution in [2.75, 3.05) is 26.4 Å². The monoisotopic (exact) mass is 2140 g/mol. The summed E-state index contributed by atoms with van der Waals surface area (Å²) < 4.78 is 142. The van der Waals surface area contributed by atoms with E-state index in [1.165, 1.54) is 27.7 Å². The van der Waals surface area contributed by atoms with Crippen LogP contribution in [0.25, 0.3) is 0 Å². The highest BCUT2D eigenvalue weighted by atomic mass is 16.7. The molecule has 0 aromatic carbocycles. The first-order chi connectivity index (χ1) is 68.6. The van der Waals surface area contributed by atoms with Gasteiger partial charge in [0.1, 0.15) is 31.8 Å². The van der Waals surface area contributed by atoms with Crippen molar-refractivity contribution in [3.05, 3.63) is 48.6 Å². The molecule has 0 amide bonds. The summed E-state index contributed by atoms with van der Waals surface area (Å²) in [5.74, 6) is -38.6. The van der Waals surface area contributed by atoms with Crippen molar-refractivity contribution < 1.29 is 267 Å². The molecule has 832 valence electrons. The average molecular weight is 2140 g/mol. The van der Waals surface area contributed by atoms with E-state index in [2.05, 4.69) is 26.3 Å². The van der Waals surface area contributed by atoms with E-state index in [1.54, 1.807) is 0 Å². The van der Waals surface area contributed by atoms with Crippen LogP contribution in [0.2, 0.25) is 0 Å². The number of ether oxygens (including phenoxy) is 28. The van der Waals surface area contributed by atoms with Crippen molar-refractivity contribution in [1.29, 1.82) is 0 Å². The average Bonchev–Trinajstić information content (AvgIpc) is 0.840. The first-order valence-electron chi connectivity index (χ1n) is 44.9. The van der Waals surface area contributed by atoms with Gasteiger partial charge in [0.15, 0.2) is 146 Å². The molecule has 0 N–H and O–H groups in total. The number of carbonyl (C=O) groups excluding carboxylic acids is 28. The van der Waals surface area contributed by atoms with Gasteiger partial charge in [0.2, 0.25) is 0 Å². The standard InChI is InChI=1S/C93H124O56/c1-37(2)65(94)126-45(13)73(102)134-53(21)81(110)142-61(29)89(118)146-57(25)85(114)138-49(17)77(106)130-41(9)69(98)122-33-93(34-123-70(99)42(10)131-78(107)50(18)139-86(115)58(26)147-90(119)62(30)143-82(111)54(22)135-74(103)46(14)127-66(95)38(3)4,35-124-71(100)43(11)132-79(108)51(19)140-87(116)59(27)148-91(120)63(31)144-83(112)55(23)136-75(104)47(15)128-67(96)39(5)6)36-125-72(101)44(12)133-80(109)52(20)141-88(117)60(28)149-92(121)64(32)145-84(113)56(24)137-76(105)48(16)129-68(97)40(7)8/h41-64H,1,3,5,7,33-36H2,2,4,6,8-32H3. The van der Waals surface area contributed by atoms with Gasteiger partial charge in [-0.3, -0.25) is 0 Å². The molecule has 0 aromatic heterocycles. The Balaban J connectivity index is 7.69. The molecule has 0 aliphatic rings. The molecule has 0 radical (unpaired) electrons. The molecule has 0 rings (SSSR count). The van der Waals surface area contributed by atoms with Crippen molar-refractivity contribution in [3.63, 3.8) is 0 Å². The summed E-state index contributed by atoms with van der Waals surface area (Å²) in [6.45, 7) is 35.8. The first kappa shape index (κ1) is 133. The fourth-order valence-corrected chi connectivity index (χ4v) is 9.22. The predicted octanol–water partition coefficient (Wildman–Crippen LogP) is 0.811. The Kier molecular flexibility index (Phi) is 56.1. The van der Waals surface area contributed by atoms with E-state index in [0.717, 1.165) is 166 Å². The third-order valence-electron chi connectivity index (χ3n) is 18.4. The van der Waals surface area contributed by atoms with Gasteiger partial charge in [-0.2, -0.15) is 0 Å². The molecular formula is C93H124O56. The van der Waals surface area contributed by atoms with Gasteiger partial charge in [-0.1, -0.05) is 26.3 Å². The minimum absolute atomic E-state index is 0.0747. The lowest BCUT2D eigenvalue weighted by atomic mass is 9.92. The molecule has 56 heteroatoms. The van der Waals surface area contributed by atoms with Gasteiger partial charge in [0, 0.05) is 22.3 Å². The molecule has 0 bridgehead atoms. The minimum Gasteiger partial charge on any atom is -0.462 e. The van der Waals surface area contributed by atoms with E-state index in [0.29, 0.717) is 0 Å². The van der Waals surface area contributed by atoms with Crippen molar-refractivity contribution in [2.24, 2.45) is 5.41 Å². The Labute approximate surface area is 851 Å². The van der Waals surface area contributed by atoms with Crippen LogP contribution in [0.5, 0.6) is 0 Å². The van der Waals surface area contributed by atoms with E-state index < -0.39 is 345 Å². The molecule has 0 fully saturated rings. The lowest BCUT2D eigenvalue weighted by Gasteiger charge is -2.33. The largest absolute Gasteiger partial charge is 0.462 e. The lowest BCUT2D eigenvalue weighted by Crippen LogP contribution is -2.47. The predicted molar refractivity (Wildman–Crippen MR) is 479 cm³/mol. The van der Waals surface area contributed by atoms with Crippen molar-refractivity contribution in [2.45, 2.75) is 340 Å². The quantitative estimate of drug-likeness (QED) is 0.0462. The number of esters is 28. The van der Waals surface area contributed by atoms with Crippen LogP contribution in [0.3, 0.4) is 0 Å². The van der Waals surface area contributed by atoms with E-state index in [-0.39, 0.29) is 22.3 Å². The van der Waals surface area contributed by atoms with E-state index in [1.807, 2.05) is 0 Å². The Hall–Kier alpha value is -15.9. The van der Waals surface area contributed by atoms with Gasteiger partial charge in [0.25, 0.3) is 0 Å². The molecule has 0 saturated heterocycles. The second-order valence-corrected chi connectivity index (χ2v) is 32.8. The molecule has 149 heavy (non-hydrogen) atoms. The summed E-state index contributed by atoms with van der Waals surface area (Å²) in [5, 5.41) is 0. The fraction of sp³-hybridized carbons (Fsp3) is 0.613. The van der Waals surface area contributed by atoms with Gasteiger partial charge in [-0.15, -0.1) is 0 Å². The highest BCUT2D eigenvalue weighted by Gasteiger charge is 2.45. The van der Waals surface area contributed by atoms with Crippen LogP contribution in [-0.2, 0) is 267 Å². The Bertz CT molecular complexity index is 4380. The molecule has 24 atom stereocenters. The second kappa shape index (κ2) is 62.8. The molecule has 0 aromatic rings. The number of carbonyl (C=O) groups is 28. The van der Waals surface area contributed by atoms with Gasteiger partial charge in [-0.25, -0.2) is 134 Å². The van der Waals surface area contributed by atoms with Crippen molar-refractivity contribution >= 4 is 167 Å². The van der Waals surface area contributed by atoms with E-state index >= 15 is 0 Å². The maximum atomic E-state index is 14.1. The number of hydrogen-bond acceptors (Lipinski definition) is 56. The topological polar surface area (TPSA) is 736 Å². The van der Waals surface area contributed by atoms with Gasteiger partial charge < -0.3 is 133 Å². The minimum atomic E-state index is -2.67. The van der Waals surface area contributed by atoms with Crippen LogP contribution in [0.1, 0.15) is 194 Å². The zero-order valence-corrected chi connectivity index (χ0v) is 86.9. The van der Waals surface area contributed by atoms with Gasteiger partial charge >= 0.3 is 167 Å². The summed E-state index contributed by atoms with van der Waals surface area (Å²) in [4.78, 5) is 364. The zero-order chi connectivity index (χ0) is 115. The summed E-state index contributed by atoms with van der Waals surface area (Å²) in [7, 11) is 0. The number of rotatable bonds is 60. The van der Waals surface area contributed by atoms with Crippen LogP contribution in [-0.4, -0.2) is 340 Å². The zero-order valence-electron chi connectivity index (χ0n) is 86.9. The fourth-order valence-electron chi connectivity index (χ4n) is 9.22. The molecule has 0 saturated carbocycles. The van der Waals surface area contributed by atoms with Gasteiger partial charge in [0.05, 0.1) is 0 Å². The third-order valence-corrected chi connectivity index (χ3v) is 18.4. The normalized spacial score (nSPS) is 16.0. The molecule has 56 nitrogen and oxygen atoms in total. The Morgan fingerprint density at radius 3 is 0.275 bits per heavy atom. The summed E-state index contributed by atoms with van der Waals surface area (Å²) in [6.07, 6.45) is -44.9. The van der Waals surface area contributed by atoms with Crippen LogP contribution in [0.15, 0.2) is 48.6 Å². The van der Waals surface area contributed by atoms with Crippen LogP contribution < -0.4 is 0 Å². The lowest BCUT2D eigenvalue weighted by molar-refractivity contribution is -0.193. The molecule has 0 heterocycles. The molecule has 24 unspecified atom stereocenters. The van der Waals surface area contributed by atoms with E-state index in [4.69, 9.17) is 133 Å². The van der Waals surface area contributed by atoms with Crippen molar-refractivity contribution in [1.82, 2.24) is 0 Å². The molecular weight excluding hydrogens is 2010 g/mol. The van der Waals surface area contributed by atoms with Crippen molar-refractivity contribution in [3.8, 4) is 0 Å². The maximum absolute atomic E-state index is 14.1. The SMILES string of the molecule is C=C(C)C(=O)OC(C)C(=O)OC(C)C(=O)OC(C)C(=O)OC(C)C(=O)OC(C)C(=O)OC(C)C(=O)OCC(COC(=O)C(C)OC(=O)C(C)OC(=O)C(C)OC(=O)C(C)OC(=O)C(C)OC(=O)C(C)OC(=O)C(=C)C)(COC(=O)C(C)OC(=O)C(C)OC(=O)C(C)OC(=O)C(C)OC(=O)C(C)OC(=O)C(C)OC(=O)C(=C)C)COC(=O)C(C)OC(=O)C(C)OC(=O)C(C)OC(=O)C(C)OC(=O)C(C)OC(=O)C(C)OC(=O)C(=C)C. The molecule has 0 aliphatic carbocycles. The Morgan fingerprint density at radius 2 is 0.201 bits per heavy atom. The first-order valence-corrected chi connectivity index (χ1v) is 44.9. The Morgan fingerprint density at radius 1 is 0.134 bits per heavy atom. The maximum Gasteiger partial charge on any atom is 0.348 e.